The van der Waals surface area contributed by atoms with Gasteiger partial charge in [-0.1, -0.05) is 11.6 Å². The molecule has 3 rings (SSSR count). The van der Waals surface area contributed by atoms with E-state index in [4.69, 9.17) is 11.6 Å². The summed E-state index contributed by atoms with van der Waals surface area (Å²) in [5.41, 5.74) is 1.58. The Bertz CT molecular complexity index is 765. The average Bonchev–Trinajstić information content (AvgIpc) is 3.18. The van der Waals surface area contributed by atoms with Crippen LogP contribution in [0.4, 0.5) is 0 Å². The first-order valence-corrected chi connectivity index (χ1v) is 7.93. The Morgan fingerprint density at radius 3 is 2.64 bits per heavy atom. The van der Waals surface area contributed by atoms with Gasteiger partial charge in [0.1, 0.15) is 0 Å². The largest absolute Gasteiger partial charge is 0.337 e. The Hall–Kier alpha value is -2.11. The Labute approximate surface area is 137 Å². The summed E-state index contributed by atoms with van der Waals surface area (Å²) in [5.74, 6) is -0.0171. The van der Waals surface area contributed by atoms with Crippen molar-refractivity contribution < 1.29 is 4.79 Å². The van der Waals surface area contributed by atoms with Crippen molar-refractivity contribution in [1.82, 2.24) is 14.7 Å². The molecular weight excluding hydrogens is 318 g/mol. The minimum atomic E-state index is -0.0171. The molecule has 0 saturated carbocycles. The zero-order chi connectivity index (χ0) is 15.5. The minimum Gasteiger partial charge on any atom is -0.337 e. The van der Waals surface area contributed by atoms with E-state index in [0.717, 1.165) is 14.9 Å². The van der Waals surface area contributed by atoms with E-state index in [0.29, 0.717) is 12.1 Å². The molecule has 0 N–H and O–H groups in total. The summed E-state index contributed by atoms with van der Waals surface area (Å²) in [4.78, 5) is 15.2. The summed E-state index contributed by atoms with van der Waals surface area (Å²) in [6, 6.07) is 13.1. The summed E-state index contributed by atoms with van der Waals surface area (Å²) in [6.07, 6.45) is 3.59. The van der Waals surface area contributed by atoms with Gasteiger partial charge in [0.05, 0.1) is 16.6 Å². The van der Waals surface area contributed by atoms with Crippen LogP contribution in [0.3, 0.4) is 0 Å². The highest BCUT2D eigenvalue weighted by Crippen LogP contribution is 2.23. The van der Waals surface area contributed by atoms with Crippen LogP contribution in [-0.2, 0) is 6.54 Å². The Kier molecular flexibility index (Phi) is 4.27. The van der Waals surface area contributed by atoms with E-state index in [1.165, 1.54) is 11.3 Å². The summed E-state index contributed by atoms with van der Waals surface area (Å²) >= 11 is 7.40. The van der Waals surface area contributed by atoms with Gasteiger partial charge in [0, 0.05) is 29.9 Å². The third kappa shape index (κ3) is 3.21. The average molecular weight is 332 g/mol. The third-order valence-electron chi connectivity index (χ3n) is 3.25. The van der Waals surface area contributed by atoms with Gasteiger partial charge in [-0.25, -0.2) is 4.68 Å². The molecule has 2 heterocycles. The molecule has 0 saturated heterocycles. The monoisotopic (exact) mass is 331 g/mol. The highest BCUT2D eigenvalue weighted by Gasteiger charge is 2.13. The summed E-state index contributed by atoms with van der Waals surface area (Å²) in [7, 11) is 1.79. The molecule has 1 aromatic carbocycles. The lowest BCUT2D eigenvalue weighted by Crippen LogP contribution is -2.25. The van der Waals surface area contributed by atoms with Crippen molar-refractivity contribution in [3.63, 3.8) is 0 Å². The third-order valence-corrected chi connectivity index (χ3v) is 4.47. The van der Waals surface area contributed by atoms with Crippen LogP contribution in [0.25, 0.3) is 5.69 Å². The van der Waals surface area contributed by atoms with Gasteiger partial charge < -0.3 is 4.90 Å². The number of hydrogen-bond donors (Lipinski definition) is 0. The number of amides is 1. The van der Waals surface area contributed by atoms with E-state index in [1.54, 1.807) is 22.8 Å². The molecule has 0 aliphatic carbocycles. The van der Waals surface area contributed by atoms with Crippen molar-refractivity contribution >= 4 is 28.8 Å². The van der Waals surface area contributed by atoms with Crippen molar-refractivity contribution in [2.75, 3.05) is 7.05 Å². The molecule has 0 unspecified atom stereocenters. The molecule has 6 heteroatoms. The molecule has 0 bridgehead atoms. The molecule has 0 aliphatic heterocycles. The first-order chi connectivity index (χ1) is 10.6. The van der Waals surface area contributed by atoms with Crippen LogP contribution in [0.5, 0.6) is 0 Å². The highest BCUT2D eigenvalue weighted by atomic mass is 35.5. The van der Waals surface area contributed by atoms with Gasteiger partial charge >= 0.3 is 0 Å². The lowest BCUT2D eigenvalue weighted by Gasteiger charge is -2.16. The van der Waals surface area contributed by atoms with E-state index in [-0.39, 0.29) is 5.91 Å². The number of carbonyl (C=O) groups is 1. The number of thiophene rings is 1. The quantitative estimate of drug-likeness (QED) is 0.728. The molecule has 112 valence electrons. The van der Waals surface area contributed by atoms with Gasteiger partial charge in [0.2, 0.25) is 0 Å². The number of carbonyl (C=O) groups excluding carboxylic acids is 1. The van der Waals surface area contributed by atoms with Gasteiger partial charge in [-0.2, -0.15) is 5.10 Å². The predicted molar refractivity (Wildman–Crippen MR) is 88.7 cm³/mol. The Balaban J connectivity index is 1.71. The van der Waals surface area contributed by atoms with Crippen molar-refractivity contribution in [3.05, 3.63) is 69.6 Å². The van der Waals surface area contributed by atoms with Crippen LogP contribution >= 0.6 is 22.9 Å². The number of halogens is 1. The molecule has 1 amide bonds. The van der Waals surface area contributed by atoms with Crippen molar-refractivity contribution in [2.24, 2.45) is 0 Å². The van der Waals surface area contributed by atoms with Gasteiger partial charge in [0.15, 0.2) is 0 Å². The van der Waals surface area contributed by atoms with Crippen LogP contribution in [0.1, 0.15) is 15.2 Å². The number of benzene rings is 1. The molecule has 22 heavy (non-hydrogen) atoms. The molecular formula is C16H14ClN3OS. The van der Waals surface area contributed by atoms with Gasteiger partial charge in [0.25, 0.3) is 5.91 Å². The smallest absolute Gasteiger partial charge is 0.253 e. The molecule has 0 spiro atoms. The zero-order valence-corrected chi connectivity index (χ0v) is 13.5. The summed E-state index contributed by atoms with van der Waals surface area (Å²) < 4.78 is 2.49. The van der Waals surface area contributed by atoms with Crippen molar-refractivity contribution in [1.29, 1.82) is 0 Å². The fraction of sp³-hybridized carbons (Fsp3) is 0.125. The lowest BCUT2D eigenvalue weighted by molar-refractivity contribution is 0.0786. The maximum atomic E-state index is 12.4. The fourth-order valence-corrected chi connectivity index (χ4v) is 3.28. The lowest BCUT2D eigenvalue weighted by atomic mass is 10.2. The van der Waals surface area contributed by atoms with Gasteiger partial charge in [-0.15, -0.1) is 11.3 Å². The zero-order valence-electron chi connectivity index (χ0n) is 11.9. The van der Waals surface area contributed by atoms with Crippen LogP contribution in [0.15, 0.2) is 54.9 Å². The van der Waals surface area contributed by atoms with Crippen molar-refractivity contribution in [3.8, 4) is 5.69 Å². The topological polar surface area (TPSA) is 38.1 Å². The summed E-state index contributed by atoms with van der Waals surface area (Å²) in [6.45, 7) is 0.553. The van der Waals surface area contributed by atoms with Gasteiger partial charge in [-0.05, 0) is 42.5 Å². The normalized spacial score (nSPS) is 10.6. The second-order valence-electron chi connectivity index (χ2n) is 4.86. The number of nitrogens with zero attached hydrogens (tertiary/aromatic N) is 3. The summed E-state index contributed by atoms with van der Waals surface area (Å²) in [5, 5.41) is 4.16. The van der Waals surface area contributed by atoms with Gasteiger partial charge in [-0.3, -0.25) is 4.79 Å². The standard InChI is InChI=1S/C16H14ClN3OS/c1-19(11-14-7-8-15(17)22-14)16(21)12-3-5-13(6-4-12)20-10-2-9-18-20/h2-10H,11H2,1H3. The maximum Gasteiger partial charge on any atom is 0.253 e. The van der Waals surface area contributed by atoms with E-state index in [1.807, 2.05) is 48.7 Å². The van der Waals surface area contributed by atoms with E-state index in [9.17, 15) is 4.79 Å². The number of rotatable bonds is 4. The van der Waals surface area contributed by atoms with Crippen LogP contribution in [-0.4, -0.2) is 27.6 Å². The fourth-order valence-electron chi connectivity index (χ4n) is 2.14. The molecule has 0 atom stereocenters. The molecule has 4 nitrogen and oxygen atoms in total. The second kappa shape index (κ2) is 6.34. The first-order valence-electron chi connectivity index (χ1n) is 6.73. The maximum absolute atomic E-state index is 12.4. The molecule has 0 fully saturated rings. The number of aromatic nitrogens is 2. The minimum absolute atomic E-state index is 0.0171. The van der Waals surface area contributed by atoms with E-state index >= 15 is 0 Å². The van der Waals surface area contributed by atoms with Crippen LogP contribution in [0.2, 0.25) is 4.34 Å². The van der Waals surface area contributed by atoms with Crippen LogP contribution < -0.4 is 0 Å². The highest BCUT2D eigenvalue weighted by molar-refractivity contribution is 7.16. The molecule has 0 radical (unpaired) electrons. The Morgan fingerprint density at radius 2 is 2.05 bits per heavy atom. The Morgan fingerprint density at radius 1 is 1.27 bits per heavy atom. The van der Waals surface area contributed by atoms with E-state index < -0.39 is 0 Å². The second-order valence-corrected chi connectivity index (χ2v) is 6.66. The van der Waals surface area contributed by atoms with Crippen molar-refractivity contribution in [2.45, 2.75) is 6.54 Å². The molecule has 3 aromatic rings. The van der Waals surface area contributed by atoms with E-state index in [2.05, 4.69) is 5.10 Å². The predicted octanol–water partition coefficient (Wildman–Crippen LogP) is 3.86. The molecule has 2 aromatic heterocycles. The van der Waals surface area contributed by atoms with Crippen LogP contribution in [0, 0.1) is 0 Å². The number of hydrogen-bond acceptors (Lipinski definition) is 3. The first kappa shape index (κ1) is 14.8. The SMILES string of the molecule is CN(Cc1ccc(Cl)s1)C(=O)c1ccc(-n2cccn2)cc1. The molecule has 0 aliphatic rings.